The van der Waals surface area contributed by atoms with E-state index in [2.05, 4.69) is 36.5 Å². The highest BCUT2D eigenvalue weighted by Crippen LogP contribution is 2.41. The molecule has 29 heavy (non-hydrogen) atoms. The summed E-state index contributed by atoms with van der Waals surface area (Å²) < 4.78 is 5.06. The van der Waals surface area contributed by atoms with E-state index in [1.165, 1.54) is 31.4 Å². The van der Waals surface area contributed by atoms with Gasteiger partial charge in [0.15, 0.2) is 5.69 Å². The number of nitrogens with one attached hydrogen (secondary N) is 2. The molecule has 0 radical (unpaired) electrons. The van der Waals surface area contributed by atoms with Crippen molar-refractivity contribution < 1.29 is 9.32 Å². The summed E-state index contributed by atoms with van der Waals surface area (Å²) in [5, 5.41) is 14.2. The molecular weight excluding hydrogens is 368 g/mol. The van der Waals surface area contributed by atoms with E-state index in [1.807, 2.05) is 6.20 Å². The number of fused-ring (bicyclic) bond motifs is 4. The van der Waals surface area contributed by atoms with Gasteiger partial charge in [0.05, 0.1) is 0 Å². The zero-order valence-corrected chi connectivity index (χ0v) is 17.0. The SMILES string of the molecule is Cc1cc(C(=O)NC[C@H]2[C@H]3C[C@H](CN(Cc4ccn[nH]4)C3)[C@@H]3CCCCN32)no1. The Bertz CT molecular complexity index is 834. The fourth-order valence-corrected chi connectivity index (χ4v) is 5.79. The van der Waals surface area contributed by atoms with Gasteiger partial charge >= 0.3 is 0 Å². The lowest BCUT2D eigenvalue weighted by molar-refractivity contribution is -0.0719. The molecule has 2 aromatic rings. The summed E-state index contributed by atoms with van der Waals surface area (Å²) in [6.45, 7) is 6.80. The fraction of sp³-hybridized carbons (Fsp3) is 0.667. The van der Waals surface area contributed by atoms with Crippen LogP contribution in [-0.2, 0) is 6.54 Å². The first kappa shape index (κ1) is 18.8. The topological polar surface area (TPSA) is 90.3 Å². The third-order valence-electron chi connectivity index (χ3n) is 6.98. The standard InChI is InChI=1S/C21H30N6O2/c1-14-8-18(25-29-14)21(28)22-10-20-16-9-15(19-4-2-3-7-27(19)20)11-26(12-16)13-17-5-6-23-24-17/h5-6,8,15-16,19-20H,2-4,7,9-13H2,1H3,(H,22,28)(H,23,24)/t15-,16+,19+,20+/m1/s1. The van der Waals surface area contributed by atoms with Gasteiger partial charge in [0.25, 0.3) is 5.91 Å². The van der Waals surface area contributed by atoms with Gasteiger partial charge in [0.1, 0.15) is 5.76 Å². The lowest BCUT2D eigenvalue weighted by Crippen LogP contribution is -2.65. The first-order valence-corrected chi connectivity index (χ1v) is 10.9. The average Bonchev–Trinajstić information content (AvgIpc) is 3.39. The molecule has 0 spiro atoms. The molecule has 3 aliphatic heterocycles. The van der Waals surface area contributed by atoms with Gasteiger partial charge in [-0.3, -0.25) is 19.7 Å². The summed E-state index contributed by atoms with van der Waals surface area (Å²) in [6.07, 6.45) is 6.96. The van der Waals surface area contributed by atoms with Crippen LogP contribution in [0.1, 0.15) is 47.6 Å². The molecule has 3 aliphatic rings. The Labute approximate surface area is 171 Å². The van der Waals surface area contributed by atoms with Crippen molar-refractivity contribution in [1.82, 2.24) is 30.5 Å². The number of aromatic nitrogens is 3. The second-order valence-corrected chi connectivity index (χ2v) is 8.93. The van der Waals surface area contributed by atoms with E-state index in [0.717, 1.165) is 32.1 Å². The first-order chi connectivity index (χ1) is 14.2. The molecule has 3 fully saturated rings. The second-order valence-electron chi connectivity index (χ2n) is 8.93. The predicted molar refractivity (Wildman–Crippen MR) is 107 cm³/mol. The molecule has 5 heterocycles. The van der Waals surface area contributed by atoms with Gasteiger partial charge in [-0.1, -0.05) is 11.6 Å². The molecule has 3 saturated heterocycles. The van der Waals surface area contributed by atoms with Gasteiger partial charge < -0.3 is 9.84 Å². The van der Waals surface area contributed by atoms with Crippen molar-refractivity contribution in [1.29, 1.82) is 0 Å². The van der Waals surface area contributed by atoms with Crippen LogP contribution in [0, 0.1) is 18.8 Å². The molecule has 0 unspecified atom stereocenters. The Morgan fingerprint density at radius 1 is 1.34 bits per heavy atom. The van der Waals surface area contributed by atoms with E-state index in [4.69, 9.17) is 4.52 Å². The maximum absolute atomic E-state index is 12.5. The Hall–Kier alpha value is -2.19. The van der Waals surface area contributed by atoms with Crippen molar-refractivity contribution in [2.24, 2.45) is 11.8 Å². The molecule has 2 bridgehead atoms. The van der Waals surface area contributed by atoms with E-state index in [9.17, 15) is 4.79 Å². The number of carbonyl (C=O) groups excluding carboxylic acids is 1. The number of likely N-dealkylation sites (tertiary alicyclic amines) is 1. The number of piperidine rings is 3. The number of carbonyl (C=O) groups is 1. The summed E-state index contributed by atoms with van der Waals surface area (Å²) >= 11 is 0. The molecule has 8 nitrogen and oxygen atoms in total. The highest BCUT2D eigenvalue weighted by atomic mass is 16.5. The normalized spacial score (nSPS) is 30.1. The first-order valence-electron chi connectivity index (χ1n) is 10.9. The number of hydrogen-bond donors (Lipinski definition) is 2. The van der Waals surface area contributed by atoms with E-state index in [0.29, 0.717) is 36.0 Å². The van der Waals surface area contributed by atoms with Crippen LogP contribution in [0.4, 0.5) is 0 Å². The molecule has 156 valence electrons. The van der Waals surface area contributed by atoms with Gasteiger partial charge in [-0.15, -0.1) is 0 Å². The molecule has 2 N–H and O–H groups in total. The number of amides is 1. The number of aromatic amines is 1. The van der Waals surface area contributed by atoms with Crippen LogP contribution in [0.25, 0.3) is 0 Å². The summed E-state index contributed by atoms with van der Waals surface area (Å²) in [5.74, 6) is 1.82. The smallest absolute Gasteiger partial charge is 0.273 e. The van der Waals surface area contributed by atoms with Crippen molar-refractivity contribution in [2.45, 2.75) is 51.2 Å². The van der Waals surface area contributed by atoms with E-state index in [-0.39, 0.29) is 5.91 Å². The van der Waals surface area contributed by atoms with Crippen LogP contribution in [0.5, 0.6) is 0 Å². The van der Waals surface area contributed by atoms with Crippen LogP contribution in [0.15, 0.2) is 22.9 Å². The second kappa shape index (κ2) is 7.91. The third-order valence-corrected chi connectivity index (χ3v) is 6.98. The maximum Gasteiger partial charge on any atom is 0.273 e. The predicted octanol–water partition coefficient (Wildman–Crippen LogP) is 1.81. The van der Waals surface area contributed by atoms with Gasteiger partial charge in [-0.2, -0.15) is 5.10 Å². The number of hydrogen-bond acceptors (Lipinski definition) is 6. The molecule has 0 aromatic carbocycles. The highest BCUT2D eigenvalue weighted by molar-refractivity contribution is 5.92. The van der Waals surface area contributed by atoms with Crippen molar-refractivity contribution in [3.8, 4) is 0 Å². The maximum atomic E-state index is 12.5. The molecule has 0 aliphatic carbocycles. The van der Waals surface area contributed by atoms with Crippen LogP contribution < -0.4 is 5.32 Å². The zero-order valence-electron chi connectivity index (χ0n) is 17.0. The summed E-state index contributed by atoms with van der Waals surface area (Å²) in [6, 6.07) is 4.79. The summed E-state index contributed by atoms with van der Waals surface area (Å²) in [4.78, 5) is 17.8. The van der Waals surface area contributed by atoms with Crippen molar-refractivity contribution in [3.63, 3.8) is 0 Å². The number of H-pyrrole nitrogens is 1. The van der Waals surface area contributed by atoms with Crippen LogP contribution >= 0.6 is 0 Å². The molecule has 8 heteroatoms. The Balaban J connectivity index is 1.30. The molecular formula is C21H30N6O2. The minimum atomic E-state index is -0.136. The van der Waals surface area contributed by atoms with E-state index in [1.54, 1.807) is 13.0 Å². The van der Waals surface area contributed by atoms with E-state index < -0.39 is 0 Å². The number of aryl methyl sites for hydroxylation is 1. The highest BCUT2D eigenvalue weighted by Gasteiger charge is 2.47. The van der Waals surface area contributed by atoms with Crippen molar-refractivity contribution in [3.05, 3.63) is 35.5 Å². The molecule has 5 rings (SSSR count). The average molecular weight is 399 g/mol. The quantitative estimate of drug-likeness (QED) is 0.798. The summed E-state index contributed by atoms with van der Waals surface area (Å²) in [5.41, 5.74) is 1.55. The molecule has 1 amide bonds. The minimum absolute atomic E-state index is 0.136. The van der Waals surface area contributed by atoms with Gasteiger partial charge in [0, 0.05) is 56.2 Å². The number of rotatable bonds is 5. The van der Waals surface area contributed by atoms with Gasteiger partial charge in [-0.05, 0) is 50.6 Å². The lowest BCUT2D eigenvalue weighted by Gasteiger charge is -2.56. The molecule has 0 saturated carbocycles. The Morgan fingerprint density at radius 2 is 2.24 bits per heavy atom. The third kappa shape index (κ3) is 3.83. The number of nitrogens with zero attached hydrogens (tertiary/aromatic N) is 4. The monoisotopic (exact) mass is 398 g/mol. The van der Waals surface area contributed by atoms with Crippen LogP contribution in [-0.4, -0.2) is 69.3 Å². The van der Waals surface area contributed by atoms with Gasteiger partial charge in [0.2, 0.25) is 0 Å². The lowest BCUT2D eigenvalue weighted by atomic mass is 9.72. The zero-order chi connectivity index (χ0) is 19.8. The fourth-order valence-electron chi connectivity index (χ4n) is 5.79. The van der Waals surface area contributed by atoms with Crippen LogP contribution in [0.3, 0.4) is 0 Å². The minimum Gasteiger partial charge on any atom is -0.361 e. The largest absolute Gasteiger partial charge is 0.361 e. The summed E-state index contributed by atoms with van der Waals surface area (Å²) in [7, 11) is 0. The van der Waals surface area contributed by atoms with E-state index >= 15 is 0 Å². The Kier molecular flexibility index (Phi) is 5.13. The van der Waals surface area contributed by atoms with Gasteiger partial charge in [-0.25, -0.2) is 0 Å². The van der Waals surface area contributed by atoms with Crippen molar-refractivity contribution in [2.75, 3.05) is 26.2 Å². The van der Waals surface area contributed by atoms with Crippen LogP contribution in [0.2, 0.25) is 0 Å². The molecule has 2 aromatic heterocycles. The Morgan fingerprint density at radius 3 is 3.03 bits per heavy atom. The molecule has 4 atom stereocenters. The van der Waals surface area contributed by atoms with Crippen molar-refractivity contribution >= 4 is 5.91 Å².